The Balaban J connectivity index is 1.48. The standard InChI is InChI=1S/C29H34ClN3O5S/c1-4-20(15-34)33-25(27(36)32-18-8-6-17(30)7-9-18)29-16(3)14-22(39-29)23(24(29)28(33)37)26(35)31-19-10-12-21(13-11-19)38-5-2/h6-13,16,20,22-25,34H,4-5,14-15H2,1-3H3,(H,31,35)(H,32,36)/t16?,20-,22-,23+,24-,25?,29?/m0/s1. The van der Waals surface area contributed by atoms with Crippen molar-refractivity contribution in [2.45, 2.75) is 55.7 Å². The summed E-state index contributed by atoms with van der Waals surface area (Å²) in [5.74, 6) is -1.28. The second kappa shape index (κ2) is 11.0. The minimum Gasteiger partial charge on any atom is -0.494 e. The van der Waals surface area contributed by atoms with Crippen molar-refractivity contribution >= 4 is 52.5 Å². The van der Waals surface area contributed by atoms with Crippen molar-refractivity contribution in [3.63, 3.8) is 0 Å². The number of halogens is 1. The van der Waals surface area contributed by atoms with E-state index in [1.165, 1.54) is 0 Å². The third-order valence-electron chi connectivity index (χ3n) is 8.35. The number of amides is 3. The number of fused-ring (bicyclic) bond motifs is 1. The Kier molecular flexibility index (Phi) is 7.86. The van der Waals surface area contributed by atoms with Crippen molar-refractivity contribution < 1.29 is 24.2 Å². The van der Waals surface area contributed by atoms with E-state index in [-0.39, 0.29) is 35.5 Å². The number of anilines is 2. The summed E-state index contributed by atoms with van der Waals surface area (Å²) < 4.78 is 4.72. The number of aliphatic hydroxyl groups excluding tert-OH is 1. The van der Waals surface area contributed by atoms with Crippen LogP contribution < -0.4 is 15.4 Å². The number of benzene rings is 2. The fourth-order valence-electron chi connectivity index (χ4n) is 6.64. The molecule has 3 heterocycles. The Morgan fingerprint density at radius 3 is 2.31 bits per heavy atom. The third-order valence-corrected chi connectivity index (χ3v) is 10.7. The predicted molar refractivity (Wildman–Crippen MR) is 153 cm³/mol. The number of hydrogen-bond donors (Lipinski definition) is 3. The van der Waals surface area contributed by atoms with Gasteiger partial charge in [0.15, 0.2) is 0 Å². The molecule has 7 atom stereocenters. The van der Waals surface area contributed by atoms with Gasteiger partial charge in [-0.2, -0.15) is 0 Å². The van der Waals surface area contributed by atoms with Crippen molar-refractivity contribution in [1.82, 2.24) is 4.90 Å². The molecule has 3 aliphatic heterocycles. The normalized spacial score (nSPS) is 29.7. The molecule has 0 aromatic heterocycles. The maximum atomic E-state index is 14.2. The maximum absolute atomic E-state index is 14.2. The van der Waals surface area contributed by atoms with Gasteiger partial charge in [0.25, 0.3) is 0 Å². The van der Waals surface area contributed by atoms with Gasteiger partial charge in [-0.15, -0.1) is 11.8 Å². The lowest BCUT2D eigenvalue weighted by Crippen LogP contribution is -2.56. The van der Waals surface area contributed by atoms with Crippen LogP contribution in [0.3, 0.4) is 0 Å². The second-order valence-electron chi connectivity index (χ2n) is 10.5. The first-order valence-electron chi connectivity index (χ1n) is 13.5. The average molecular weight is 572 g/mol. The fraction of sp³-hybridized carbons (Fsp3) is 0.483. The highest BCUT2D eigenvalue weighted by Crippen LogP contribution is 2.69. The maximum Gasteiger partial charge on any atom is 0.248 e. The molecule has 2 aromatic carbocycles. The van der Waals surface area contributed by atoms with Crippen LogP contribution in [0.15, 0.2) is 48.5 Å². The first-order chi connectivity index (χ1) is 18.7. The molecule has 3 unspecified atom stereocenters. The van der Waals surface area contributed by atoms with E-state index in [1.807, 2.05) is 13.8 Å². The molecule has 8 nitrogen and oxygen atoms in total. The van der Waals surface area contributed by atoms with Crippen LogP contribution in [0.1, 0.15) is 33.6 Å². The van der Waals surface area contributed by atoms with Crippen LogP contribution in [0.4, 0.5) is 11.4 Å². The number of carbonyl (C=O) groups excluding carboxylic acids is 3. The first-order valence-corrected chi connectivity index (χ1v) is 14.7. The molecule has 3 N–H and O–H groups in total. The molecule has 3 amide bonds. The zero-order chi connectivity index (χ0) is 27.9. The number of hydrogen-bond acceptors (Lipinski definition) is 6. The van der Waals surface area contributed by atoms with E-state index in [4.69, 9.17) is 16.3 Å². The van der Waals surface area contributed by atoms with E-state index >= 15 is 0 Å². The van der Waals surface area contributed by atoms with Gasteiger partial charge in [0, 0.05) is 21.6 Å². The van der Waals surface area contributed by atoms with Gasteiger partial charge in [-0.05, 0) is 74.2 Å². The third kappa shape index (κ3) is 4.68. The summed E-state index contributed by atoms with van der Waals surface area (Å²) in [7, 11) is 0. The Morgan fingerprint density at radius 2 is 1.72 bits per heavy atom. The average Bonchev–Trinajstić information content (AvgIpc) is 3.51. The van der Waals surface area contributed by atoms with Gasteiger partial charge in [-0.3, -0.25) is 14.4 Å². The minimum absolute atomic E-state index is 0.0261. The van der Waals surface area contributed by atoms with E-state index in [2.05, 4.69) is 17.6 Å². The van der Waals surface area contributed by atoms with Gasteiger partial charge in [-0.25, -0.2) is 0 Å². The molecule has 1 spiro atoms. The summed E-state index contributed by atoms with van der Waals surface area (Å²) >= 11 is 7.63. The Morgan fingerprint density at radius 1 is 1.10 bits per heavy atom. The molecule has 208 valence electrons. The number of rotatable bonds is 9. The van der Waals surface area contributed by atoms with Crippen LogP contribution in [0.2, 0.25) is 5.02 Å². The lowest BCUT2D eigenvalue weighted by molar-refractivity contribution is -0.141. The molecule has 0 saturated carbocycles. The number of nitrogens with zero attached hydrogens (tertiary/aromatic N) is 1. The summed E-state index contributed by atoms with van der Waals surface area (Å²) in [6.07, 6.45) is 1.21. The monoisotopic (exact) mass is 571 g/mol. The van der Waals surface area contributed by atoms with Crippen molar-refractivity contribution in [3.05, 3.63) is 53.6 Å². The molecule has 3 fully saturated rings. The van der Waals surface area contributed by atoms with Crippen LogP contribution in [0.25, 0.3) is 0 Å². The van der Waals surface area contributed by atoms with E-state index in [9.17, 15) is 19.5 Å². The van der Waals surface area contributed by atoms with Crippen LogP contribution in [-0.2, 0) is 14.4 Å². The highest BCUT2D eigenvalue weighted by molar-refractivity contribution is 8.02. The highest BCUT2D eigenvalue weighted by Gasteiger charge is 2.76. The lowest BCUT2D eigenvalue weighted by atomic mass is 9.66. The molecule has 3 saturated heterocycles. The van der Waals surface area contributed by atoms with Gasteiger partial charge >= 0.3 is 0 Å². The smallest absolute Gasteiger partial charge is 0.248 e. The topological polar surface area (TPSA) is 108 Å². The van der Waals surface area contributed by atoms with Crippen LogP contribution in [0.5, 0.6) is 5.75 Å². The van der Waals surface area contributed by atoms with Gasteiger partial charge in [0.1, 0.15) is 11.8 Å². The number of carbonyl (C=O) groups is 3. The molecule has 0 aliphatic carbocycles. The minimum atomic E-state index is -0.823. The Labute approximate surface area is 237 Å². The molecule has 3 aliphatic rings. The predicted octanol–water partition coefficient (Wildman–Crippen LogP) is 4.42. The van der Waals surface area contributed by atoms with Gasteiger partial charge in [-0.1, -0.05) is 25.4 Å². The van der Waals surface area contributed by atoms with Gasteiger partial charge in [0.2, 0.25) is 17.7 Å². The van der Waals surface area contributed by atoms with Crippen LogP contribution in [0, 0.1) is 17.8 Å². The molecular formula is C29H34ClN3O5S. The quantitative estimate of drug-likeness (QED) is 0.411. The van der Waals surface area contributed by atoms with Crippen LogP contribution >= 0.6 is 23.4 Å². The van der Waals surface area contributed by atoms with E-state index in [1.54, 1.807) is 65.2 Å². The lowest BCUT2D eigenvalue weighted by Gasteiger charge is -2.40. The summed E-state index contributed by atoms with van der Waals surface area (Å²) in [4.78, 5) is 43.5. The zero-order valence-corrected chi connectivity index (χ0v) is 23.8. The molecule has 0 radical (unpaired) electrons. The summed E-state index contributed by atoms with van der Waals surface area (Å²) in [6.45, 7) is 6.15. The first kappa shape index (κ1) is 27.8. The van der Waals surface area contributed by atoms with E-state index in [0.29, 0.717) is 35.2 Å². The fourth-order valence-corrected chi connectivity index (χ4v) is 9.17. The largest absolute Gasteiger partial charge is 0.494 e. The molecular weight excluding hydrogens is 538 g/mol. The van der Waals surface area contributed by atoms with Crippen molar-refractivity contribution in [3.8, 4) is 5.75 Å². The highest BCUT2D eigenvalue weighted by atomic mass is 35.5. The SMILES string of the molecule is CCOc1ccc(NC(=O)[C@@H]2[C@@H]3CC(C)C4(S3)C(C(=O)Nc3ccc(Cl)cc3)N([C@@H](CC)CO)C(=O)[C@H]24)cc1. The summed E-state index contributed by atoms with van der Waals surface area (Å²) in [5.41, 5.74) is 1.20. The number of ether oxygens (including phenoxy) is 1. The zero-order valence-electron chi connectivity index (χ0n) is 22.2. The number of aliphatic hydroxyl groups is 1. The van der Waals surface area contributed by atoms with Crippen molar-refractivity contribution in [1.29, 1.82) is 0 Å². The summed E-state index contributed by atoms with van der Waals surface area (Å²) in [6, 6.07) is 12.6. The molecule has 2 bridgehead atoms. The van der Waals surface area contributed by atoms with Gasteiger partial charge in [0.05, 0.1) is 35.8 Å². The molecule has 5 rings (SSSR count). The van der Waals surface area contributed by atoms with Crippen LogP contribution in [-0.4, -0.2) is 63.0 Å². The number of likely N-dealkylation sites (tertiary alicyclic amines) is 1. The molecule has 2 aromatic rings. The second-order valence-corrected chi connectivity index (χ2v) is 12.5. The van der Waals surface area contributed by atoms with E-state index < -0.39 is 28.7 Å². The number of thioether (sulfide) groups is 1. The van der Waals surface area contributed by atoms with Crippen molar-refractivity contribution in [2.75, 3.05) is 23.8 Å². The van der Waals surface area contributed by atoms with E-state index in [0.717, 1.165) is 6.42 Å². The number of nitrogens with one attached hydrogen (secondary N) is 2. The van der Waals surface area contributed by atoms with Crippen molar-refractivity contribution in [2.24, 2.45) is 17.8 Å². The Hall–Kier alpha value is -2.75. The Bertz CT molecular complexity index is 1240. The summed E-state index contributed by atoms with van der Waals surface area (Å²) in [5, 5.41) is 16.7. The molecule has 39 heavy (non-hydrogen) atoms. The van der Waals surface area contributed by atoms with Gasteiger partial charge < -0.3 is 25.4 Å². The molecule has 10 heteroatoms.